The standard InChI is InChI=1S/C17H18N2O/c1-12(2)16-11-20-17(19-16)15-10-6-9-14(18-15)13-7-4-3-5-8-13/h3-10,12,16H,11H2,1-2H3. The van der Waals surface area contributed by atoms with E-state index in [2.05, 4.69) is 36.0 Å². The number of hydrogen-bond donors (Lipinski definition) is 0. The lowest BCUT2D eigenvalue weighted by Crippen LogP contribution is -2.13. The molecule has 0 fully saturated rings. The summed E-state index contributed by atoms with van der Waals surface area (Å²) < 4.78 is 5.69. The first-order valence-electron chi connectivity index (χ1n) is 6.97. The summed E-state index contributed by atoms with van der Waals surface area (Å²) in [7, 11) is 0. The van der Waals surface area contributed by atoms with Crippen LogP contribution in [-0.2, 0) is 4.74 Å². The van der Waals surface area contributed by atoms with Crippen LogP contribution in [0, 0.1) is 5.92 Å². The molecule has 2 aromatic rings. The molecule has 1 aliphatic rings. The number of ether oxygens (including phenoxy) is 1. The first-order valence-corrected chi connectivity index (χ1v) is 6.97. The van der Waals surface area contributed by atoms with E-state index in [0.717, 1.165) is 17.0 Å². The Kier molecular flexibility index (Phi) is 3.50. The Morgan fingerprint density at radius 3 is 2.45 bits per heavy atom. The van der Waals surface area contributed by atoms with E-state index in [9.17, 15) is 0 Å². The fourth-order valence-corrected chi connectivity index (χ4v) is 2.19. The van der Waals surface area contributed by atoms with Crippen LogP contribution in [0.15, 0.2) is 53.5 Å². The zero-order valence-corrected chi connectivity index (χ0v) is 11.8. The molecule has 1 aromatic heterocycles. The van der Waals surface area contributed by atoms with Gasteiger partial charge >= 0.3 is 0 Å². The summed E-state index contributed by atoms with van der Waals surface area (Å²) in [5, 5.41) is 0. The Bertz CT molecular complexity index is 620. The van der Waals surface area contributed by atoms with Crippen molar-refractivity contribution >= 4 is 5.90 Å². The molecule has 0 spiro atoms. The van der Waals surface area contributed by atoms with Crippen LogP contribution < -0.4 is 0 Å². The molecule has 1 aromatic carbocycles. The second-order valence-electron chi connectivity index (χ2n) is 5.33. The van der Waals surface area contributed by atoms with E-state index in [1.165, 1.54) is 0 Å². The van der Waals surface area contributed by atoms with Crippen molar-refractivity contribution in [3.63, 3.8) is 0 Å². The molecule has 0 amide bonds. The third kappa shape index (κ3) is 2.57. The number of aromatic nitrogens is 1. The van der Waals surface area contributed by atoms with Gasteiger partial charge in [-0.05, 0) is 18.1 Å². The van der Waals surface area contributed by atoms with Gasteiger partial charge in [0.25, 0.3) is 0 Å². The molecule has 0 saturated carbocycles. The molecule has 0 N–H and O–H groups in total. The zero-order valence-electron chi connectivity index (χ0n) is 11.8. The van der Waals surface area contributed by atoms with Gasteiger partial charge in [0.1, 0.15) is 12.3 Å². The lowest BCUT2D eigenvalue weighted by Gasteiger charge is -2.06. The van der Waals surface area contributed by atoms with Gasteiger partial charge < -0.3 is 4.74 Å². The van der Waals surface area contributed by atoms with E-state index in [1.807, 2.05) is 36.4 Å². The minimum atomic E-state index is 0.243. The van der Waals surface area contributed by atoms with Crippen molar-refractivity contribution < 1.29 is 4.74 Å². The van der Waals surface area contributed by atoms with Crippen molar-refractivity contribution in [3.8, 4) is 11.3 Å². The predicted molar refractivity (Wildman–Crippen MR) is 80.8 cm³/mol. The van der Waals surface area contributed by atoms with Crippen molar-refractivity contribution in [3.05, 3.63) is 54.2 Å². The van der Waals surface area contributed by atoms with Crippen LogP contribution in [0.4, 0.5) is 0 Å². The molecule has 1 atom stereocenters. The maximum Gasteiger partial charge on any atom is 0.235 e. The highest BCUT2D eigenvalue weighted by molar-refractivity contribution is 5.93. The highest BCUT2D eigenvalue weighted by Crippen LogP contribution is 2.20. The van der Waals surface area contributed by atoms with Crippen LogP contribution in [0.1, 0.15) is 19.5 Å². The third-order valence-corrected chi connectivity index (χ3v) is 3.48. The lowest BCUT2D eigenvalue weighted by atomic mass is 10.1. The Hall–Kier alpha value is -2.16. The highest BCUT2D eigenvalue weighted by atomic mass is 16.5. The normalized spacial score (nSPS) is 17.9. The van der Waals surface area contributed by atoms with E-state index in [-0.39, 0.29) is 6.04 Å². The average Bonchev–Trinajstić information content (AvgIpc) is 2.98. The maximum absolute atomic E-state index is 5.69. The van der Waals surface area contributed by atoms with Crippen molar-refractivity contribution in [2.75, 3.05) is 6.61 Å². The fourth-order valence-electron chi connectivity index (χ4n) is 2.19. The largest absolute Gasteiger partial charge is 0.474 e. The summed E-state index contributed by atoms with van der Waals surface area (Å²) in [6.45, 7) is 4.98. The van der Waals surface area contributed by atoms with Crippen LogP contribution in [0.3, 0.4) is 0 Å². The van der Waals surface area contributed by atoms with Gasteiger partial charge in [0.05, 0.1) is 11.7 Å². The van der Waals surface area contributed by atoms with Gasteiger partial charge in [-0.15, -0.1) is 0 Å². The zero-order chi connectivity index (χ0) is 13.9. The lowest BCUT2D eigenvalue weighted by molar-refractivity contribution is 0.291. The van der Waals surface area contributed by atoms with Gasteiger partial charge in [0.15, 0.2) is 0 Å². The van der Waals surface area contributed by atoms with Gasteiger partial charge in [-0.2, -0.15) is 0 Å². The van der Waals surface area contributed by atoms with Crippen molar-refractivity contribution in [1.82, 2.24) is 4.98 Å². The van der Waals surface area contributed by atoms with Crippen LogP contribution in [-0.4, -0.2) is 23.5 Å². The summed E-state index contributed by atoms with van der Waals surface area (Å²) in [5.74, 6) is 1.16. The van der Waals surface area contributed by atoms with Gasteiger partial charge in [0, 0.05) is 5.56 Å². The number of rotatable bonds is 3. The summed E-state index contributed by atoms with van der Waals surface area (Å²) in [5.41, 5.74) is 2.87. The summed E-state index contributed by atoms with van der Waals surface area (Å²) >= 11 is 0. The molecule has 3 heteroatoms. The molecule has 0 radical (unpaired) electrons. The first kappa shape index (κ1) is 12.9. The Morgan fingerprint density at radius 2 is 1.75 bits per heavy atom. The Labute approximate surface area is 119 Å². The topological polar surface area (TPSA) is 34.5 Å². The molecule has 20 heavy (non-hydrogen) atoms. The molecule has 1 unspecified atom stereocenters. The molecule has 3 nitrogen and oxygen atoms in total. The third-order valence-electron chi connectivity index (χ3n) is 3.48. The minimum absolute atomic E-state index is 0.243. The molecule has 0 aliphatic carbocycles. The van der Waals surface area contributed by atoms with Gasteiger partial charge in [-0.25, -0.2) is 9.98 Å². The Morgan fingerprint density at radius 1 is 1.00 bits per heavy atom. The van der Waals surface area contributed by atoms with Crippen LogP contribution in [0.25, 0.3) is 11.3 Å². The average molecular weight is 266 g/mol. The minimum Gasteiger partial charge on any atom is -0.474 e. The predicted octanol–water partition coefficient (Wildman–Crippen LogP) is 3.55. The number of benzene rings is 1. The monoisotopic (exact) mass is 266 g/mol. The van der Waals surface area contributed by atoms with E-state index in [1.54, 1.807) is 0 Å². The Balaban J connectivity index is 1.91. The summed E-state index contributed by atoms with van der Waals surface area (Å²) in [4.78, 5) is 9.29. The van der Waals surface area contributed by atoms with Crippen molar-refractivity contribution in [2.45, 2.75) is 19.9 Å². The van der Waals surface area contributed by atoms with Gasteiger partial charge in [-0.3, -0.25) is 0 Å². The van der Waals surface area contributed by atoms with Crippen molar-refractivity contribution in [1.29, 1.82) is 0 Å². The van der Waals surface area contributed by atoms with E-state index >= 15 is 0 Å². The fraction of sp³-hybridized carbons (Fsp3) is 0.294. The van der Waals surface area contributed by atoms with E-state index in [0.29, 0.717) is 18.4 Å². The van der Waals surface area contributed by atoms with E-state index < -0.39 is 0 Å². The van der Waals surface area contributed by atoms with Crippen molar-refractivity contribution in [2.24, 2.45) is 10.9 Å². The molecule has 102 valence electrons. The van der Waals surface area contributed by atoms with Gasteiger partial charge in [0.2, 0.25) is 5.90 Å². The second kappa shape index (κ2) is 5.45. The number of aliphatic imine (C=N–C) groups is 1. The first-order chi connectivity index (χ1) is 9.74. The number of hydrogen-bond acceptors (Lipinski definition) is 3. The quantitative estimate of drug-likeness (QED) is 0.851. The second-order valence-corrected chi connectivity index (χ2v) is 5.33. The van der Waals surface area contributed by atoms with Gasteiger partial charge in [-0.1, -0.05) is 50.2 Å². The highest BCUT2D eigenvalue weighted by Gasteiger charge is 2.23. The number of nitrogens with zero attached hydrogens (tertiary/aromatic N) is 2. The van der Waals surface area contributed by atoms with E-state index in [4.69, 9.17) is 4.74 Å². The number of pyridine rings is 1. The molecular weight excluding hydrogens is 248 g/mol. The maximum atomic E-state index is 5.69. The molecule has 2 heterocycles. The van der Waals surface area contributed by atoms with Crippen LogP contribution in [0.5, 0.6) is 0 Å². The molecule has 3 rings (SSSR count). The molecule has 0 bridgehead atoms. The summed E-state index contributed by atoms with van der Waals surface area (Å²) in [6.07, 6.45) is 0. The molecule has 1 aliphatic heterocycles. The summed E-state index contributed by atoms with van der Waals surface area (Å²) in [6, 6.07) is 16.4. The molecular formula is C17H18N2O. The van der Waals surface area contributed by atoms with Crippen LogP contribution >= 0.6 is 0 Å². The molecule has 0 saturated heterocycles. The van der Waals surface area contributed by atoms with Crippen LogP contribution in [0.2, 0.25) is 0 Å². The SMILES string of the molecule is CC(C)C1COC(c2cccc(-c3ccccc3)n2)=N1. The smallest absolute Gasteiger partial charge is 0.235 e.